The average molecular weight is 249 g/mol. The minimum Gasteiger partial charge on any atom is -0.384 e. The Kier molecular flexibility index (Phi) is 5.62. The van der Waals surface area contributed by atoms with E-state index >= 15 is 0 Å². The molecule has 0 fully saturated rings. The average Bonchev–Trinajstić information content (AvgIpc) is 2.33. The lowest BCUT2D eigenvalue weighted by Crippen LogP contribution is -2.37. The number of rotatable bonds is 6. The molecule has 4 nitrogen and oxygen atoms in total. The molecule has 1 rings (SSSR count). The largest absolute Gasteiger partial charge is 0.384 e. The van der Waals surface area contributed by atoms with E-state index in [-0.39, 0.29) is 11.9 Å². The topological polar surface area (TPSA) is 59.2 Å². The van der Waals surface area contributed by atoms with Crippen LogP contribution < -0.4 is 5.73 Å². The van der Waals surface area contributed by atoms with E-state index in [2.05, 4.69) is 11.9 Å². The lowest BCUT2D eigenvalue weighted by molar-refractivity contribution is 0.0702. The van der Waals surface area contributed by atoms with Crippen molar-refractivity contribution in [2.45, 2.75) is 46.1 Å². The minimum absolute atomic E-state index is 0.0372. The smallest absolute Gasteiger partial charge is 0.254 e. The van der Waals surface area contributed by atoms with Crippen molar-refractivity contribution in [1.29, 1.82) is 0 Å². The normalized spacial score (nSPS) is 10.7. The van der Waals surface area contributed by atoms with Gasteiger partial charge in [0.05, 0.1) is 0 Å². The summed E-state index contributed by atoms with van der Waals surface area (Å²) in [7, 11) is 0. The second-order valence-corrected chi connectivity index (χ2v) is 4.77. The summed E-state index contributed by atoms with van der Waals surface area (Å²) in [5.41, 5.74) is 6.23. The zero-order valence-electron chi connectivity index (χ0n) is 11.5. The highest BCUT2D eigenvalue weighted by Crippen LogP contribution is 2.11. The number of aromatic nitrogens is 1. The van der Waals surface area contributed by atoms with Crippen LogP contribution in [-0.2, 0) is 0 Å². The van der Waals surface area contributed by atoms with Gasteiger partial charge in [-0.15, -0.1) is 0 Å². The van der Waals surface area contributed by atoms with Crippen molar-refractivity contribution in [3.63, 3.8) is 0 Å². The highest BCUT2D eigenvalue weighted by Gasteiger charge is 2.18. The number of carbonyl (C=O) groups is 1. The highest BCUT2D eigenvalue weighted by molar-refractivity contribution is 5.94. The first-order valence-corrected chi connectivity index (χ1v) is 6.58. The molecule has 0 saturated heterocycles. The van der Waals surface area contributed by atoms with Gasteiger partial charge in [-0.05, 0) is 32.4 Å². The van der Waals surface area contributed by atoms with Gasteiger partial charge in [0.25, 0.3) is 5.91 Å². The van der Waals surface area contributed by atoms with Crippen molar-refractivity contribution in [2.75, 3.05) is 12.3 Å². The third-order valence-electron chi connectivity index (χ3n) is 2.91. The van der Waals surface area contributed by atoms with Crippen LogP contribution in [0.3, 0.4) is 0 Å². The SMILES string of the molecule is CCCCCN(C(=O)c1ccnc(N)c1)C(C)C. The van der Waals surface area contributed by atoms with E-state index in [1.807, 2.05) is 18.7 Å². The molecule has 1 aromatic heterocycles. The van der Waals surface area contributed by atoms with Gasteiger partial charge in [0.1, 0.15) is 5.82 Å². The Balaban J connectivity index is 2.76. The van der Waals surface area contributed by atoms with Crippen LogP contribution in [0, 0.1) is 0 Å². The molecule has 0 bridgehead atoms. The Hall–Kier alpha value is -1.58. The van der Waals surface area contributed by atoms with Gasteiger partial charge in [0.15, 0.2) is 0 Å². The van der Waals surface area contributed by atoms with Gasteiger partial charge < -0.3 is 10.6 Å². The van der Waals surface area contributed by atoms with E-state index in [4.69, 9.17) is 5.73 Å². The number of hydrogen-bond donors (Lipinski definition) is 1. The molecule has 0 spiro atoms. The van der Waals surface area contributed by atoms with E-state index < -0.39 is 0 Å². The van der Waals surface area contributed by atoms with Gasteiger partial charge >= 0.3 is 0 Å². The van der Waals surface area contributed by atoms with Crippen molar-refractivity contribution in [3.05, 3.63) is 23.9 Å². The second kappa shape index (κ2) is 6.99. The van der Waals surface area contributed by atoms with Crippen molar-refractivity contribution < 1.29 is 4.79 Å². The molecular weight excluding hydrogens is 226 g/mol. The summed E-state index contributed by atoms with van der Waals surface area (Å²) in [6.45, 7) is 7.03. The maximum atomic E-state index is 12.4. The number of hydrogen-bond acceptors (Lipinski definition) is 3. The summed E-state index contributed by atoms with van der Waals surface area (Å²) in [5.74, 6) is 0.424. The molecule has 0 aliphatic rings. The van der Waals surface area contributed by atoms with Crippen molar-refractivity contribution in [2.24, 2.45) is 0 Å². The minimum atomic E-state index is 0.0372. The van der Waals surface area contributed by atoms with E-state index in [0.29, 0.717) is 11.4 Å². The Morgan fingerprint density at radius 1 is 1.44 bits per heavy atom. The fourth-order valence-electron chi connectivity index (χ4n) is 1.87. The van der Waals surface area contributed by atoms with E-state index in [0.717, 1.165) is 25.8 Å². The number of nitrogen functional groups attached to an aromatic ring is 1. The number of pyridine rings is 1. The van der Waals surface area contributed by atoms with Crippen LogP contribution in [0.5, 0.6) is 0 Å². The van der Waals surface area contributed by atoms with Crippen LogP contribution in [-0.4, -0.2) is 28.4 Å². The lowest BCUT2D eigenvalue weighted by atomic mass is 10.1. The highest BCUT2D eigenvalue weighted by atomic mass is 16.2. The monoisotopic (exact) mass is 249 g/mol. The molecule has 0 aliphatic heterocycles. The molecule has 1 aromatic rings. The fraction of sp³-hybridized carbons (Fsp3) is 0.571. The van der Waals surface area contributed by atoms with E-state index in [1.54, 1.807) is 18.3 Å². The van der Waals surface area contributed by atoms with Crippen LogP contribution in [0.15, 0.2) is 18.3 Å². The molecular formula is C14H23N3O. The molecule has 0 atom stereocenters. The third-order valence-corrected chi connectivity index (χ3v) is 2.91. The lowest BCUT2D eigenvalue weighted by Gasteiger charge is -2.27. The summed E-state index contributed by atoms with van der Waals surface area (Å²) >= 11 is 0. The first-order chi connectivity index (χ1) is 8.56. The first kappa shape index (κ1) is 14.5. The molecule has 0 saturated carbocycles. The third kappa shape index (κ3) is 4.02. The predicted octanol–water partition coefficient (Wildman–Crippen LogP) is 2.70. The molecule has 0 radical (unpaired) electrons. The van der Waals surface area contributed by atoms with Gasteiger partial charge in [0, 0.05) is 24.3 Å². The Morgan fingerprint density at radius 3 is 2.72 bits per heavy atom. The van der Waals surface area contributed by atoms with Crippen molar-refractivity contribution in [3.8, 4) is 0 Å². The molecule has 1 heterocycles. The van der Waals surface area contributed by atoms with Crippen LogP contribution in [0.1, 0.15) is 50.4 Å². The molecule has 0 unspecified atom stereocenters. The summed E-state index contributed by atoms with van der Waals surface area (Å²) in [6, 6.07) is 3.55. The molecule has 100 valence electrons. The predicted molar refractivity (Wildman–Crippen MR) is 74.3 cm³/mol. The number of unbranched alkanes of at least 4 members (excludes halogenated alkanes) is 2. The number of carbonyl (C=O) groups excluding carboxylic acids is 1. The van der Waals surface area contributed by atoms with Crippen molar-refractivity contribution in [1.82, 2.24) is 9.88 Å². The van der Waals surface area contributed by atoms with Crippen LogP contribution in [0.4, 0.5) is 5.82 Å². The molecule has 2 N–H and O–H groups in total. The van der Waals surface area contributed by atoms with Gasteiger partial charge in [-0.2, -0.15) is 0 Å². The van der Waals surface area contributed by atoms with Gasteiger partial charge in [-0.3, -0.25) is 4.79 Å². The van der Waals surface area contributed by atoms with Gasteiger partial charge in [-0.1, -0.05) is 19.8 Å². The van der Waals surface area contributed by atoms with E-state index in [1.165, 1.54) is 0 Å². The second-order valence-electron chi connectivity index (χ2n) is 4.77. The van der Waals surface area contributed by atoms with Crippen LogP contribution in [0.2, 0.25) is 0 Å². The van der Waals surface area contributed by atoms with Crippen LogP contribution in [0.25, 0.3) is 0 Å². The summed E-state index contributed by atoms with van der Waals surface area (Å²) in [6.07, 6.45) is 4.92. The quantitative estimate of drug-likeness (QED) is 0.789. The number of anilines is 1. The van der Waals surface area contributed by atoms with Gasteiger partial charge in [-0.25, -0.2) is 4.98 Å². The maximum absolute atomic E-state index is 12.4. The molecule has 1 amide bonds. The summed E-state index contributed by atoms with van der Waals surface area (Å²) in [5, 5.41) is 0. The number of nitrogens with zero attached hydrogens (tertiary/aromatic N) is 2. The zero-order valence-corrected chi connectivity index (χ0v) is 11.5. The summed E-state index contributed by atoms with van der Waals surface area (Å²) < 4.78 is 0. The van der Waals surface area contributed by atoms with E-state index in [9.17, 15) is 4.79 Å². The first-order valence-electron chi connectivity index (χ1n) is 6.58. The number of amides is 1. The van der Waals surface area contributed by atoms with Crippen LogP contribution >= 0.6 is 0 Å². The summed E-state index contributed by atoms with van der Waals surface area (Å²) in [4.78, 5) is 18.2. The number of nitrogens with two attached hydrogens (primary N) is 1. The molecule has 4 heteroatoms. The molecule has 0 aliphatic carbocycles. The molecule has 18 heavy (non-hydrogen) atoms. The Labute approximate surface area is 109 Å². The molecule has 0 aromatic carbocycles. The zero-order chi connectivity index (χ0) is 13.5. The maximum Gasteiger partial charge on any atom is 0.254 e. The Bertz CT molecular complexity index is 390. The standard InChI is InChI=1S/C14H23N3O/c1-4-5-6-9-17(11(2)3)14(18)12-7-8-16-13(15)10-12/h7-8,10-11H,4-6,9H2,1-3H3,(H2,15,16). The van der Waals surface area contributed by atoms with Gasteiger partial charge in [0.2, 0.25) is 0 Å². The Morgan fingerprint density at radius 2 is 2.17 bits per heavy atom. The van der Waals surface area contributed by atoms with Crippen molar-refractivity contribution >= 4 is 11.7 Å². The fourth-order valence-corrected chi connectivity index (χ4v) is 1.87.